The smallest absolute Gasteiger partial charge is 0.334 e. The van der Waals surface area contributed by atoms with Gasteiger partial charge in [0, 0.05) is 6.08 Å². The maximum Gasteiger partial charge on any atom is 0.334 e. The Bertz CT molecular complexity index is 239. The van der Waals surface area contributed by atoms with Crippen LogP contribution in [0.4, 0.5) is 0 Å². The van der Waals surface area contributed by atoms with Gasteiger partial charge in [-0.3, -0.25) is 4.48 Å². The van der Waals surface area contributed by atoms with E-state index < -0.39 is 5.97 Å². The number of nitrogens with zero attached hydrogens (tertiary/aromatic N) is 1. The zero-order valence-corrected chi connectivity index (χ0v) is 11.3. The molecule has 1 N–H and O–H groups in total. The van der Waals surface area contributed by atoms with Crippen LogP contribution in [0.2, 0.25) is 0 Å². The van der Waals surface area contributed by atoms with Crippen LogP contribution in [0.1, 0.15) is 32.6 Å². The van der Waals surface area contributed by atoms with Crippen molar-refractivity contribution in [3.8, 4) is 0 Å². The normalized spacial score (nSPS) is 13.2. The van der Waals surface area contributed by atoms with Crippen LogP contribution in [-0.2, 0) is 9.53 Å². The highest BCUT2D eigenvalue weighted by molar-refractivity contribution is 5.81. The first-order chi connectivity index (χ1) is 7.91. The highest BCUT2D eigenvalue weighted by Crippen LogP contribution is 2.08. The number of carbonyl (C=O) groups is 1. The molecule has 100 valence electrons. The number of quaternary nitrogens is 1. The molecule has 0 heterocycles. The average molecular weight is 244 g/mol. The van der Waals surface area contributed by atoms with Crippen LogP contribution >= 0.6 is 0 Å². The molecule has 0 bridgehead atoms. The van der Waals surface area contributed by atoms with Gasteiger partial charge >= 0.3 is 5.97 Å². The van der Waals surface area contributed by atoms with Gasteiger partial charge in [0.25, 0.3) is 0 Å². The fourth-order valence-corrected chi connectivity index (χ4v) is 1.64. The molecule has 4 heteroatoms. The quantitative estimate of drug-likeness (QED) is 0.221. The molecule has 1 atom stereocenters. The summed E-state index contributed by atoms with van der Waals surface area (Å²) in [6, 6.07) is 0. The van der Waals surface area contributed by atoms with Crippen molar-refractivity contribution in [1.29, 1.82) is 0 Å². The van der Waals surface area contributed by atoms with E-state index in [9.17, 15) is 9.90 Å². The fourth-order valence-electron chi connectivity index (χ4n) is 1.64. The van der Waals surface area contributed by atoms with Crippen molar-refractivity contribution in [2.75, 3.05) is 27.4 Å². The van der Waals surface area contributed by atoms with E-state index in [0.29, 0.717) is 11.0 Å². The first-order valence-corrected chi connectivity index (χ1v) is 6.20. The lowest BCUT2D eigenvalue weighted by atomic mass is 10.1. The number of hydrogen-bond donors (Lipinski definition) is 1. The molecule has 0 saturated heterocycles. The van der Waals surface area contributed by atoms with Gasteiger partial charge in [-0.1, -0.05) is 32.8 Å². The second-order valence-electron chi connectivity index (χ2n) is 5.06. The van der Waals surface area contributed by atoms with Gasteiger partial charge < -0.3 is 9.84 Å². The lowest BCUT2D eigenvalue weighted by Gasteiger charge is -2.30. The van der Waals surface area contributed by atoms with Gasteiger partial charge in [0.2, 0.25) is 6.73 Å². The Morgan fingerprint density at radius 1 is 1.47 bits per heavy atom. The minimum atomic E-state index is -0.420. The van der Waals surface area contributed by atoms with Gasteiger partial charge in [-0.25, -0.2) is 4.79 Å². The van der Waals surface area contributed by atoms with Gasteiger partial charge in [-0.05, 0) is 6.42 Å². The van der Waals surface area contributed by atoms with Crippen LogP contribution in [0, 0.1) is 0 Å². The maximum atomic E-state index is 10.9. The molecule has 0 aromatic rings. The summed E-state index contributed by atoms with van der Waals surface area (Å²) in [5, 5.41) is 9.86. The third-order valence-corrected chi connectivity index (χ3v) is 2.57. The van der Waals surface area contributed by atoms with Crippen LogP contribution < -0.4 is 0 Å². The predicted molar refractivity (Wildman–Crippen MR) is 68.3 cm³/mol. The molecule has 17 heavy (non-hydrogen) atoms. The summed E-state index contributed by atoms with van der Waals surface area (Å²) in [6.07, 6.45) is 4.98. The largest absolute Gasteiger partial charge is 0.412 e. The molecule has 0 aliphatic carbocycles. The van der Waals surface area contributed by atoms with Crippen LogP contribution in [-0.4, -0.2) is 49.0 Å². The SMILES string of the molecule is C=CC(=O)OC[N+](C)(C)CC(O)CCCCC. The number of carbonyl (C=O) groups excluding carboxylic acids is 1. The van der Waals surface area contributed by atoms with Crippen molar-refractivity contribution >= 4 is 5.97 Å². The van der Waals surface area contributed by atoms with E-state index in [0.717, 1.165) is 31.8 Å². The maximum absolute atomic E-state index is 10.9. The molecule has 0 aliphatic heterocycles. The Labute approximate surface area is 104 Å². The summed E-state index contributed by atoms with van der Waals surface area (Å²) in [4.78, 5) is 10.9. The van der Waals surface area contributed by atoms with Gasteiger partial charge in [0.05, 0.1) is 14.1 Å². The minimum absolute atomic E-state index is 0.260. The van der Waals surface area contributed by atoms with Gasteiger partial charge in [-0.2, -0.15) is 0 Å². The average Bonchev–Trinajstić information content (AvgIpc) is 2.25. The molecule has 0 spiro atoms. The fraction of sp³-hybridized carbons (Fsp3) is 0.769. The summed E-state index contributed by atoms with van der Waals surface area (Å²) >= 11 is 0. The molecule has 4 nitrogen and oxygen atoms in total. The first-order valence-electron chi connectivity index (χ1n) is 6.20. The van der Waals surface area contributed by atoms with E-state index in [1.165, 1.54) is 0 Å². The van der Waals surface area contributed by atoms with Gasteiger partial charge in [-0.15, -0.1) is 0 Å². The van der Waals surface area contributed by atoms with Crippen molar-refractivity contribution in [3.05, 3.63) is 12.7 Å². The lowest BCUT2D eigenvalue weighted by Crippen LogP contribution is -2.47. The highest BCUT2D eigenvalue weighted by Gasteiger charge is 2.21. The summed E-state index contributed by atoms with van der Waals surface area (Å²) in [5.41, 5.74) is 0. The second kappa shape index (κ2) is 8.25. The van der Waals surface area contributed by atoms with Gasteiger partial charge in [0.15, 0.2) is 0 Å². The number of likely N-dealkylation sites (N-methyl/N-ethyl adjacent to an activating group) is 1. The zero-order valence-electron chi connectivity index (χ0n) is 11.3. The number of rotatable bonds is 9. The van der Waals surface area contributed by atoms with Crippen LogP contribution in [0.25, 0.3) is 0 Å². The summed E-state index contributed by atoms with van der Waals surface area (Å²) < 4.78 is 5.45. The molecule has 0 radical (unpaired) electrons. The van der Waals surface area contributed by atoms with E-state index in [4.69, 9.17) is 4.74 Å². The van der Waals surface area contributed by atoms with Crippen LogP contribution in [0.5, 0.6) is 0 Å². The van der Waals surface area contributed by atoms with E-state index in [-0.39, 0.29) is 12.8 Å². The molecule has 0 amide bonds. The van der Waals surface area contributed by atoms with Gasteiger partial charge in [0.1, 0.15) is 12.6 Å². The first kappa shape index (κ1) is 16.1. The Hall–Kier alpha value is -0.870. The second-order valence-corrected chi connectivity index (χ2v) is 5.06. The van der Waals surface area contributed by atoms with Crippen molar-refractivity contribution < 1.29 is 19.1 Å². The molecule has 1 unspecified atom stereocenters. The van der Waals surface area contributed by atoms with E-state index in [1.807, 2.05) is 14.1 Å². The highest BCUT2D eigenvalue weighted by atomic mass is 16.5. The number of hydrogen-bond acceptors (Lipinski definition) is 3. The molecule has 0 saturated carbocycles. The number of aliphatic hydroxyl groups is 1. The monoisotopic (exact) mass is 244 g/mol. The van der Waals surface area contributed by atoms with E-state index in [2.05, 4.69) is 13.5 Å². The Morgan fingerprint density at radius 3 is 2.65 bits per heavy atom. The molecular weight excluding hydrogens is 218 g/mol. The minimum Gasteiger partial charge on any atom is -0.412 e. The van der Waals surface area contributed by atoms with E-state index in [1.54, 1.807) is 0 Å². The zero-order chi connectivity index (χ0) is 13.3. The molecule has 0 fully saturated rings. The molecule has 0 aromatic carbocycles. The van der Waals surface area contributed by atoms with E-state index >= 15 is 0 Å². The topological polar surface area (TPSA) is 46.5 Å². The molecule has 0 rings (SSSR count). The lowest BCUT2D eigenvalue weighted by molar-refractivity contribution is -0.910. The molecule has 0 aromatic heterocycles. The standard InChI is InChI=1S/C13H26NO3/c1-5-7-8-9-12(15)10-14(3,4)11-17-13(16)6-2/h6,12,15H,2,5,7-11H2,1,3-4H3/q+1. The Balaban J connectivity index is 3.88. The summed E-state index contributed by atoms with van der Waals surface area (Å²) in [6.45, 7) is 6.33. The van der Waals surface area contributed by atoms with Crippen molar-refractivity contribution in [2.24, 2.45) is 0 Å². The predicted octanol–water partition coefficient (Wildman–Crippen LogP) is 1.69. The van der Waals surface area contributed by atoms with Crippen LogP contribution in [0.3, 0.4) is 0 Å². The number of esters is 1. The van der Waals surface area contributed by atoms with Crippen molar-refractivity contribution in [1.82, 2.24) is 0 Å². The third-order valence-electron chi connectivity index (χ3n) is 2.57. The van der Waals surface area contributed by atoms with Crippen molar-refractivity contribution in [3.63, 3.8) is 0 Å². The number of aliphatic hydroxyl groups excluding tert-OH is 1. The third kappa shape index (κ3) is 8.89. The number of unbranched alkanes of at least 4 members (excludes halogenated alkanes) is 2. The summed E-state index contributed by atoms with van der Waals surface area (Å²) in [7, 11) is 3.86. The number of ether oxygens (including phenoxy) is 1. The summed E-state index contributed by atoms with van der Waals surface area (Å²) in [5.74, 6) is -0.420. The Morgan fingerprint density at radius 2 is 2.12 bits per heavy atom. The van der Waals surface area contributed by atoms with Crippen LogP contribution in [0.15, 0.2) is 12.7 Å². The van der Waals surface area contributed by atoms with Crippen molar-refractivity contribution in [2.45, 2.75) is 38.7 Å². The Kier molecular flexibility index (Phi) is 7.83. The molecular formula is C13H26NO3+. The molecule has 0 aliphatic rings.